The minimum absolute atomic E-state index is 0.000231. The average molecular weight is 274 g/mol. The highest BCUT2D eigenvalue weighted by Crippen LogP contribution is 2.15. The first kappa shape index (κ1) is 15.0. The number of nitrogens with one attached hydrogen (secondary N) is 2. The minimum atomic E-state index is -0.161. The van der Waals surface area contributed by atoms with Crippen molar-refractivity contribution < 1.29 is 4.79 Å². The molecule has 1 saturated heterocycles. The Morgan fingerprint density at radius 1 is 1.30 bits per heavy atom. The maximum atomic E-state index is 12.3. The number of piperidine rings is 1. The molecule has 1 aromatic carbocycles. The zero-order chi connectivity index (χ0) is 14.4. The van der Waals surface area contributed by atoms with Crippen molar-refractivity contribution in [3.8, 4) is 0 Å². The zero-order valence-corrected chi connectivity index (χ0v) is 12.6. The minimum Gasteiger partial charge on any atom is -0.350 e. The summed E-state index contributed by atoms with van der Waals surface area (Å²) >= 11 is 0. The van der Waals surface area contributed by atoms with Crippen LogP contribution in [0.5, 0.6) is 0 Å². The van der Waals surface area contributed by atoms with Gasteiger partial charge < -0.3 is 10.6 Å². The Kier molecular flexibility index (Phi) is 5.18. The number of carbonyl (C=O) groups excluding carboxylic acids is 1. The summed E-state index contributed by atoms with van der Waals surface area (Å²) in [7, 11) is 0. The van der Waals surface area contributed by atoms with Gasteiger partial charge in [-0.05, 0) is 51.6 Å². The van der Waals surface area contributed by atoms with Crippen LogP contribution in [0.3, 0.4) is 0 Å². The van der Waals surface area contributed by atoms with E-state index in [-0.39, 0.29) is 17.5 Å². The van der Waals surface area contributed by atoms with E-state index in [0.717, 1.165) is 32.2 Å². The van der Waals surface area contributed by atoms with Gasteiger partial charge in [0.25, 0.3) is 0 Å². The van der Waals surface area contributed by atoms with Crippen LogP contribution < -0.4 is 10.6 Å². The number of hydrogen-bond donors (Lipinski definition) is 2. The highest BCUT2D eigenvalue weighted by molar-refractivity contribution is 5.82. The molecule has 0 radical (unpaired) electrons. The molecule has 20 heavy (non-hydrogen) atoms. The highest BCUT2D eigenvalue weighted by atomic mass is 16.2. The smallest absolute Gasteiger partial charge is 0.237 e. The molecule has 2 rings (SSSR count). The third-order valence-corrected chi connectivity index (χ3v) is 3.97. The lowest BCUT2D eigenvalue weighted by Gasteiger charge is -2.30. The molecule has 0 bridgehead atoms. The lowest BCUT2D eigenvalue weighted by Crippen LogP contribution is -2.53. The van der Waals surface area contributed by atoms with Crippen LogP contribution in [-0.4, -0.2) is 24.0 Å². The second-order valence-electron chi connectivity index (χ2n) is 6.36. The van der Waals surface area contributed by atoms with Gasteiger partial charge in [-0.1, -0.05) is 36.8 Å². The van der Waals surface area contributed by atoms with Crippen molar-refractivity contribution in [2.45, 2.75) is 57.5 Å². The van der Waals surface area contributed by atoms with Crippen LogP contribution in [-0.2, 0) is 11.2 Å². The Hall–Kier alpha value is -1.35. The van der Waals surface area contributed by atoms with E-state index in [2.05, 4.69) is 48.7 Å². The standard InChI is InChI=1S/C17H26N2O/c1-17(2,12-11-14-8-4-3-5-9-14)19-16(20)15-10-6-7-13-18-15/h3-5,8-9,15,18H,6-7,10-13H2,1-2H3,(H,19,20)/t15-/m1/s1. The zero-order valence-electron chi connectivity index (χ0n) is 12.6. The summed E-state index contributed by atoms with van der Waals surface area (Å²) in [4.78, 5) is 12.3. The molecule has 110 valence electrons. The van der Waals surface area contributed by atoms with Gasteiger partial charge in [-0.25, -0.2) is 0 Å². The van der Waals surface area contributed by atoms with Gasteiger partial charge >= 0.3 is 0 Å². The Balaban J connectivity index is 1.82. The molecular formula is C17H26N2O. The number of amides is 1. The molecule has 1 aliphatic heterocycles. The molecule has 0 unspecified atom stereocenters. The molecule has 1 aromatic rings. The van der Waals surface area contributed by atoms with E-state index in [4.69, 9.17) is 0 Å². The quantitative estimate of drug-likeness (QED) is 0.866. The van der Waals surface area contributed by atoms with Crippen LogP contribution in [0.25, 0.3) is 0 Å². The summed E-state index contributed by atoms with van der Waals surface area (Å²) in [6, 6.07) is 10.4. The maximum Gasteiger partial charge on any atom is 0.237 e. The van der Waals surface area contributed by atoms with Crippen LogP contribution in [0.4, 0.5) is 0 Å². The van der Waals surface area contributed by atoms with Crippen molar-refractivity contribution >= 4 is 5.91 Å². The molecule has 0 saturated carbocycles. The fourth-order valence-corrected chi connectivity index (χ4v) is 2.66. The van der Waals surface area contributed by atoms with Crippen molar-refractivity contribution in [3.05, 3.63) is 35.9 Å². The summed E-state index contributed by atoms with van der Waals surface area (Å²) in [5, 5.41) is 6.50. The summed E-state index contributed by atoms with van der Waals surface area (Å²) in [6.45, 7) is 5.18. The van der Waals surface area contributed by atoms with E-state index in [1.54, 1.807) is 0 Å². The Morgan fingerprint density at radius 2 is 2.05 bits per heavy atom. The predicted octanol–water partition coefficient (Wildman–Crippen LogP) is 2.66. The van der Waals surface area contributed by atoms with Gasteiger partial charge in [0, 0.05) is 5.54 Å². The molecule has 3 heteroatoms. The fourth-order valence-electron chi connectivity index (χ4n) is 2.66. The highest BCUT2D eigenvalue weighted by Gasteiger charge is 2.26. The number of hydrogen-bond acceptors (Lipinski definition) is 2. The second-order valence-corrected chi connectivity index (χ2v) is 6.36. The molecule has 1 atom stereocenters. The van der Waals surface area contributed by atoms with E-state index in [0.29, 0.717) is 0 Å². The first-order valence-electron chi connectivity index (χ1n) is 7.66. The van der Waals surface area contributed by atoms with Crippen LogP contribution in [0.15, 0.2) is 30.3 Å². The number of rotatable bonds is 5. The number of benzene rings is 1. The van der Waals surface area contributed by atoms with Gasteiger partial charge in [-0.2, -0.15) is 0 Å². The normalized spacial score (nSPS) is 19.6. The van der Waals surface area contributed by atoms with E-state index >= 15 is 0 Å². The van der Waals surface area contributed by atoms with Gasteiger partial charge in [0.05, 0.1) is 6.04 Å². The first-order valence-corrected chi connectivity index (χ1v) is 7.66. The van der Waals surface area contributed by atoms with Crippen LogP contribution >= 0.6 is 0 Å². The average Bonchev–Trinajstić information content (AvgIpc) is 2.47. The maximum absolute atomic E-state index is 12.3. The molecule has 1 aliphatic rings. The van der Waals surface area contributed by atoms with E-state index < -0.39 is 0 Å². The number of carbonyl (C=O) groups is 1. The SMILES string of the molecule is CC(C)(CCc1ccccc1)NC(=O)[C@H]1CCCCN1. The second kappa shape index (κ2) is 6.89. The molecule has 2 N–H and O–H groups in total. The largest absolute Gasteiger partial charge is 0.350 e. The van der Waals surface area contributed by atoms with Crippen molar-refractivity contribution in [1.82, 2.24) is 10.6 Å². The number of aryl methyl sites for hydroxylation is 1. The predicted molar refractivity (Wildman–Crippen MR) is 82.6 cm³/mol. The van der Waals surface area contributed by atoms with Gasteiger partial charge in [0.15, 0.2) is 0 Å². The van der Waals surface area contributed by atoms with E-state index in [1.807, 2.05) is 6.07 Å². The molecule has 0 aromatic heterocycles. The summed E-state index contributed by atoms with van der Waals surface area (Å²) < 4.78 is 0. The molecule has 0 aliphatic carbocycles. The summed E-state index contributed by atoms with van der Waals surface area (Å²) in [5.41, 5.74) is 1.16. The fraction of sp³-hybridized carbons (Fsp3) is 0.588. The molecule has 1 amide bonds. The van der Waals surface area contributed by atoms with Gasteiger partial charge in [0.1, 0.15) is 0 Å². The van der Waals surface area contributed by atoms with Crippen molar-refractivity contribution in [2.24, 2.45) is 0 Å². The van der Waals surface area contributed by atoms with Crippen LogP contribution in [0.2, 0.25) is 0 Å². The third-order valence-electron chi connectivity index (χ3n) is 3.97. The molecule has 1 fully saturated rings. The Morgan fingerprint density at radius 3 is 2.70 bits per heavy atom. The monoisotopic (exact) mass is 274 g/mol. The lowest BCUT2D eigenvalue weighted by molar-refractivity contribution is -0.125. The van der Waals surface area contributed by atoms with Crippen LogP contribution in [0, 0.1) is 0 Å². The molecule has 0 spiro atoms. The summed E-state index contributed by atoms with van der Waals surface area (Å²) in [5.74, 6) is 0.155. The third kappa shape index (κ3) is 4.64. The molecule has 1 heterocycles. The summed E-state index contributed by atoms with van der Waals surface area (Å²) in [6.07, 6.45) is 5.24. The van der Waals surface area contributed by atoms with E-state index in [1.165, 1.54) is 12.0 Å². The molecule has 3 nitrogen and oxygen atoms in total. The topological polar surface area (TPSA) is 41.1 Å². The van der Waals surface area contributed by atoms with Crippen molar-refractivity contribution in [3.63, 3.8) is 0 Å². The Bertz CT molecular complexity index is 422. The van der Waals surface area contributed by atoms with Crippen molar-refractivity contribution in [2.75, 3.05) is 6.54 Å². The van der Waals surface area contributed by atoms with Gasteiger partial charge in [-0.15, -0.1) is 0 Å². The Labute approximate surface area is 122 Å². The van der Waals surface area contributed by atoms with E-state index in [9.17, 15) is 4.79 Å². The van der Waals surface area contributed by atoms with Gasteiger partial charge in [-0.3, -0.25) is 4.79 Å². The molecular weight excluding hydrogens is 248 g/mol. The van der Waals surface area contributed by atoms with Crippen molar-refractivity contribution in [1.29, 1.82) is 0 Å². The van der Waals surface area contributed by atoms with Gasteiger partial charge in [0.2, 0.25) is 5.91 Å². The van der Waals surface area contributed by atoms with Crippen LogP contribution in [0.1, 0.15) is 45.1 Å². The first-order chi connectivity index (χ1) is 9.57. The lowest BCUT2D eigenvalue weighted by atomic mass is 9.94.